The van der Waals surface area contributed by atoms with Crippen molar-refractivity contribution in [2.75, 3.05) is 0 Å². The topological polar surface area (TPSA) is 55.1 Å². The molecular weight excluding hydrogens is 204 g/mol. The van der Waals surface area contributed by atoms with Crippen molar-refractivity contribution in [3.63, 3.8) is 0 Å². The van der Waals surface area contributed by atoms with Gasteiger partial charge in [-0.15, -0.1) is 0 Å². The normalized spacial score (nSPS) is 10.3. The van der Waals surface area contributed by atoms with E-state index in [1.54, 1.807) is 30.0 Å². The van der Waals surface area contributed by atoms with E-state index in [4.69, 9.17) is 0 Å². The number of rotatable bonds is 2. The Kier molecular flexibility index (Phi) is 2.72. The van der Waals surface area contributed by atoms with Crippen LogP contribution < -0.4 is 5.56 Å². The lowest BCUT2D eigenvalue weighted by molar-refractivity contribution is 0.470. The van der Waals surface area contributed by atoms with Gasteiger partial charge < -0.3 is 9.67 Å². The molecule has 0 unspecified atom stereocenters. The van der Waals surface area contributed by atoms with Crippen molar-refractivity contribution in [3.05, 3.63) is 58.3 Å². The summed E-state index contributed by atoms with van der Waals surface area (Å²) < 4.78 is 1.59. The molecule has 2 aromatic heterocycles. The predicted molar refractivity (Wildman–Crippen MR) is 60.4 cm³/mol. The molecular formula is C12H12N2O2. The number of nitrogens with zero attached hydrogens (tertiary/aromatic N) is 2. The van der Waals surface area contributed by atoms with E-state index in [1.807, 2.05) is 12.1 Å². The highest BCUT2D eigenvalue weighted by atomic mass is 16.3. The van der Waals surface area contributed by atoms with Crippen LogP contribution in [0.25, 0.3) is 0 Å². The van der Waals surface area contributed by atoms with Gasteiger partial charge in [0.15, 0.2) is 0 Å². The molecule has 0 atom stereocenters. The van der Waals surface area contributed by atoms with Gasteiger partial charge in [-0.1, -0.05) is 6.07 Å². The molecule has 4 heteroatoms. The van der Waals surface area contributed by atoms with Gasteiger partial charge in [-0.25, -0.2) is 0 Å². The largest absolute Gasteiger partial charge is 0.508 e. The molecule has 2 heterocycles. The average Bonchev–Trinajstić information content (AvgIpc) is 2.25. The van der Waals surface area contributed by atoms with E-state index in [9.17, 15) is 9.90 Å². The molecule has 4 nitrogen and oxygen atoms in total. The number of hydrogen-bond donors (Lipinski definition) is 1. The first-order valence-corrected chi connectivity index (χ1v) is 4.96. The Balaban J connectivity index is 2.39. The summed E-state index contributed by atoms with van der Waals surface area (Å²) in [5.74, 6) is 0.00457. The van der Waals surface area contributed by atoms with Gasteiger partial charge in [-0.05, 0) is 24.6 Å². The highest BCUT2D eigenvalue weighted by molar-refractivity contribution is 5.22. The number of aryl methyl sites for hydroxylation is 1. The third-order valence-corrected chi connectivity index (χ3v) is 2.38. The van der Waals surface area contributed by atoms with Crippen LogP contribution in [0.1, 0.15) is 11.3 Å². The average molecular weight is 216 g/mol. The van der Waals surface area contributed by atoms with Crippen molar-refractivity contribution in [2.45, 2.75) is 13.5 Å². The van der Waals surface area contributed by atoms with Gasteiger partial charge in [0.2, 0.25) is 0 Å². The van der Waals surface area contributed by atoms with Crippen LogP contribution in [0.5, 0.6) is 5.75 Å². The van der Waals surface area contributed by atoms with E-state index in [-0.39, 0.29) is 11.3 Å². The van der Waals surface area contributed by atoms with Gasteiger partial charge in [0.1, 0.15) is 5.75 Å². The van der Waals surface area contributed by atoms with Crippen molar-refractivity contribution in [3.8, 4) is 5.75 Å². The monoisotopic (exact) mass is 216 g/mol. The molecule has 2 rings (SSSR count). The molecule has 0 aliphatic rings. The van der Waals surface area contributed by atoms with Gasteiger partial charge in [0, 0.05) is 24.2 Å². The first-order chi connectivity index (χ1) is 7.66. The lowest BCUT2D eigenvalue weighted by Crippen LogP contribution is -2.21. The van der Waals surface area contributed by atoms with Crippen molar-refractivity contribution in [2.24, 2.45) is 0 Å². The maximum absolute atomic E-state index is 11.6. The molecule has 0 spiro atoms. The summed E-state index contributed by atoms with van der Waals surface area (Å²) >= 11 is 0. The SMILES string of the molecule is Cc1cc(O)cc(=O)n1Cc1cccnc1. The maximum Gasteiger partial charge on any atom is 0.254 e. The third kappa shape index (κ3) is 2.11. The van der Waals surface area contributed by atoms with Gasteiger partial charge >= 0.3 is 0 Å². The quantitative estimate of drug-likeness (QED) is 0.823. The fourth-order valence-electron chi connectivity index (χ4n) is 1.59. The summed E-state index contributed by atoms with van der Waals surface area (Å²) in [4.78, 5) is 15.6. The Bertz CT molecular complexity index is 547. The standard InChI is InChI=1S/C12H12N2O2/c1-9-5-11(15)6-12(16)14(9)8-10-3-2-4-13-7-10/h2-7,15H,8H2,1H3. The molecule has 0 bridgehead atoms. The zero-order chi connectivity index (χ0) is 11.5. The van der Waals surface area contributed by atoms with Crippen molar-refractivity contribution in [1.29, 1.82) is 0 Å². The van der Waals surface area contributed by atoms with E-state index < -0.39 is 0 Å². The molecule has 0 aliphatic carbocycles. The van der Waals surface area contributed by atoms with E-state index in [0.717, 1.165) is 11.3 Å². The first-order valence-electron chi connectivity index (χ1n) is 4.96. The molecule has 1 N–H and O–H groups in total. The van der Waals surface area contributed by atoms with Crippen LogP contribution in [0.2, 0.25) is 0 Å². The van der Waals surface area contributed by atoms with Gasteiger partial charge in [0.05, 0.1) is 6.54 Å². The van der Waals surface area contributed by atoms with E-state index >= 15 is 0 Å². The molecule has 0 radical (unpaired) electrons. The summed E-state index contributed by atoms with van der Waals surface area (Å²) in [6, 6.07) is 6.52. The Morgan fingerprint density at radius 2 is 2.25 bits per heavy atom. The molecule has 2 aromatic rings. The third-order valence-electron chi connectivity index (χ3n) is 2.38. The molecule has 0 fully saturated rings. The van der Waals surface area contributed by atoms with E-state index in [0.29, 0.717) is 6.54 Å². The Hall–Kier alpha value is -2.10. The van der Waals surface area contributed by atoms with Crippen LogP contribution in [0.15, 0.2) is 41.5 Å². The van der Waals surface area contributed by atoms with Crippen LogP contribution >= 0.6 is 0 Å². The molecule has 0 amide bonds. The summed E-state index contributed by atoms with van der Waals surface area (Å²) in [7, 11) is 0. The second-order valence-corrected chi connectivity index (χ2v) is 3.64. The van der Waals surface area contributed by atoms with Crippen LogP contribution in [0, 0.1) is 6.92 Å². The predicted octanol–water partition coefficient (Wildman–Crippen LogP) is 1.31. The van der Waals surface area contributed by atoms with Gasteiger partial charge in [-0.2, -0.15) is 0 Å². The lowest BCUT2D eigenvalue weighted by atomic mass is 10.2. The number of pyridine rings is 2. The smallest absolute Gasteiger partial charge is 0.254 e. The minimum Gasteiger partial charge on any atom is -0.508 e. The maximum atomic E-state index is 11.6. The number of aromatic nitrogens is 2. The Morgan fingerprint density at radius 3 is 2.88 bits per heavy atom. The number of hydrogen-bond acceptors (Lipinski definition) is 3. The van der Waals surface area contributed by atoms with Crippen molar-refractivity contribution in [1.82, 2.24) is 9.55 Å². The Morgan fingerprint density at radius 1 is 1.44 bits per heavy atom. The summed E-state index contributed by atoms with van der Waals surface area (Å²) in [5, 5.41) is 9.26. The fraction of sp³-hybridized carbons (Fsp3) is 0.167. The zero-order valence-electron chi connectivity index (χ0n) is 8.92. The van der Waals surface area contributed by atoms with E-state index in [1.165, 1.54) is 6.07 Å². The highest BCUT2D eigenvalue weighted by Gasteiger charge is 2.03. The molecule has 0 saturated carbocycles. The molecule has 16 heavy (non-hydrogen) atoms. The summed E-state index contributed by atoms with van der Waals surface area (Å²) in [6.07, 6.45) is 3.41. The van der Waals surface area contributed by atoms with Crippen LogP contribution in [0.3, 0.4) is 0 Å². The molecule has 0 aliphatic heterocycles. The van der Waals surface area contributed by atoms with Crippen LogP contribution in [0.4, 0.5) is 0 Å². The fourth-order valence-corrected chi connectivity index (χ4v) is 1.59. The van der Waals surface area contributed by atoms with Crippen LogP contribution in [-0.2, 0) is 6.54 Å². The van der Waals surface area contributed by atoms with E-state index in [2.05, 4.69) is 4.98 Å². The first kappa shape index (κ1) is 10.4. The molecule has 0 aromatic carbocycles. The Labute approximate surface area is 92.8 Å². The van der Waals surface area contributed by atoms with Crippen molar-refractivity contribution < 1.29 is 5.11 Å². The second-order valence-electron chi connectivity index (χ2n) is 3.64. The zero-order valence-corrected chi connectivity index (χ0v) is 8.92. The highest BCUT2D eigenvalue weighted by Crippen LogP contribution is 2.08. The molecule has 0 saturated heterocycles. The van der Waals surface area contributed by atoms with Crippen LogP contribution in [-0.4, -0.2) is 14.7 Å². The van der Waals surface area contributed by atoms with Gasteiger partial charge in [0.25, 0.3) is 5.56 Å². The minimum atomic E-state index is -0.207. The number of aromatic hydroxyl groups is 1. The van der Waals surface area contributed by atoms with Gasteiger partial charge in [-0.3, -0.25) is 9.78 Å². The summed E-state index contributed by atoms with van der Waals surface area (Å²) in [5.41, 5.74) is 1.48. The minimum absolute atomic E-state index is 0.00457. The second kappa shape index (κ2) is 4.18. The van der Waals surface area contributed by atoms with Crippen molar-refractivity contribution >= 4 is 0 Å². The summed E-state index contributed by atoms with van der Waals surface area (Å²) in [6.45, 7) is 2.26. The molecule has 82 valence electrons. The lowest BCUT2D eigenvalue weighted by Gasteiger charge is -2.09.